The van der Waals surface area contributed by atoms with Gasteiger partial charge in [-0.25, -0.2) is 0 Å². The SMILES string of the molecule is CC(CCN)CCC(=O)NCc1cccc(Br)c1. The highest BCUT2D eigenvalue weighted by Gasteiger charge is 2.06. The fourth-order valence-corrected chi connectivity index (χ4v) is 2.19. The lowest BCUT2D eigenvalue weighted by Gasteiger charge is -2.10. The molecule has 4 heteroatoms. The van der Waals surface area contributed by atoms with Crippen molar-refractivity contribution in [2.75, 3.05) is 6.54 Å². The number of hydrogen-bond donors (Lipinski definition) is 2. The Kier molecular flexibility index (Phi) is 6.98. The van der Waals surface area contributed by atoms with E-state index in [9.17, 15) is 4.79 Å². The number of carbonyl (C=O) groups is 1. The van der Waals surface area contributed by atoms with Crippen LogP contribution in [0.25, 0.3) is 0 Å². The number of benzene rings is 1. The lowest BCUT2D eigenvalue weighted by atomic mass is 10.0. The molecule has 0 saturated heterocycles. The minimum absolute atomic E-state index is 0.110. The Labute approximate surface area is 117 Å². The van der Waals surface area contributed by atoms with E-state index in [2.05, 4.69) is 28.2 Å². The van der Waals surface area contributed by atoms with E-state index in [0.717, 1.165) is 22.9 Å². The highest BCUT2D eigenvalue weighted by Crippen LogP contribution is 2.12. The molecule has 1 atom stereocenters. The third-order valence-corrected chi connectivity index (χ3v) is 3.40. The summed E-state index contributed by atoms with van der Waals surface area (Å²) in [4.78, 5) is 11.7. The van der Waals surface area contributed by atoms with Crippen molar-refractivity contribution < 1.29 is 4.79 Å². The Hall–Kier alpha value is -0.870. The third-order valence-electron chi connectivity index (χ3n) is 2.90. The zero-order chi connectivity index (χ0) is 13.4. The van der Waals surface area contributed by atoms with Gasteiger partial charge in [0.1, 0.15) is 0 Å². The summed E-state index contributed by atoms with van der Waals surface area (Å²) in [5.41, 5.74) is 6.58. The number of carbonyl (C=O) groups excluding carboxylic acids is 1. The van der Waals surface area contributed by atoms with Crippen LogP contribution in [0.5, 0.6) is 0 Å². The molecule has 1 aromatic carbocycles. The maximum absolute atomic E-state index is 11.7. The number of hydrogen-bond acceptors (Lipinski definition) is 2. The first kappa shape index (κ1) is 15.2. The van der Waals surface area contributed by atoms with Crippen molar-refractivity contribution in [2.45, 2.75) is 32.7 Å². The molecule has 0 aliphatic heterocycles. The number of nitrogens with one attached hydrogen (secondary N) is 1. The number of amides is 1. The summed E-state index contributed by atoms with van der Waals surface area (Å²) in [5, 5.41) is 2.93. The second kappa shape index (κ2) is 8.27. The summed E-state index contributed by atoms with van der Waals surface area (Å²) < 4.78 is 1.03. The van der Waals surface area contributed by atoms with Gasteiger partial charge in [0.15, 0.2) is 0 Å². The molecule has 1 unspecified atom stereocenters. The van der Waals surface area contributed by atoms with Gasteiger partial charge in [0, 0.05) is 17.4 Å². The molecule has 0 aliphatic carbocycles. The molecule has 3 nitrogen and oxygen atoms in total. The van der Waals surface area contributed by atoms with Crippen LogP contribution in [0.1, 0.15) is 31.7 Å². The number of halogens is 1. The van der Waals surface area contributed by atoms with Crippen molar-refractivity contribution in [3.8, 4) is 0 Å². The van der Waals surface area contributed by atoms with Crippen LogP contribution in [0, 0.1) is 5.92 Å². The van der Waals surface area contributed by atoms with E-state index in [1.54, 1.807) is 0 Å². The number of rotatable bonds is 7. The summed E-state index contributed by atoms with van der Waals surface area (Å²) in [6, 6.07) is 7.95. The normalized spacial score (nSPS) is 12.2. The van der Waals surface area contributed by atoms with Crippen molar-refractivity contribution >= 4 is 21.8 Å². The molecule has 3 N–H and O–H groups in total. The first-order valence-corrected chi connectivity index (χ1v) is 7.12. The number of nitrogens with two attached hydrogens (primary N) is 1. The maximum Gasteiger partial charge on any atom is 0.220 e. The average molecular weight is 313 g/mol. The minimum Gasteiger partial charge on any atom is -0.352 e. The quantitative estimate of drug-likeness (QED) is 0.813. The molecular formula is C14H21BrN2O. The van der Waals surface area contributed by atoms with E-state index >= 15 is 0 Å². The highest BCUT2D eigenvalue weighted by atomic mass is 79.9. The third kappa shape index (κ3) is 6.17. The fourth-order valence-electron chi connectivity index (χ4n) is 1.74. The van der Waals surface area contributed by atoms with Gasteiger partial charge < -0.3 is 11.1 Å². The molecule has 100 valence electrons. The van der Waals surface area contributed by atoms with Gasteiger partial charge in [0.05, 0.1) is 0 Å². The summed E-state index contributed by atoms with van der Waals surface area (Å²) in [7, 11) is 0. The molecule has 0 aromatic heterocycles. The van der Waals surface area contributed by atoms with Gasteiger partial charge in [-0.15, -0.1) is 0 Å². The first-order valence-electron chi connectivity index (χ1n) is 6.33. The van der Waals surface area contributed by atoms with Crippen molar-refractivity contribution in [3.05, 3.63) is 34.3 Å². The lowest BCUT2D eigenvalue weighted by molar-refractivity contribution is -0.121. The Morgan fingerprint density at radius 1 is 1.44 bits per heavy atom. The molecular weight excluding hydrogens is 292 g/mol. The molecule has 1 amide bonds. The van der Waals surface area contributed by atoms with E-state index in [1.807, 2.05) is 24.3 Å². The largest absolute Gasteiger partial charge is 0.352 e. The van der Waals surface area contributed by atoms with Crippen LogP contribution in [-0.2, 0) is 11.3 Å². The predicted octanol–water partition coefficient (Wildman–Crippen LogP) is 2.83. The van der Waals surface area contributed by atoms with Gasteiger partial charge in [-0.1, -0.05) is 35.0 Å². The molecule has 0 aliphatic rings. The molecule has 0 saturated carbocycles. The van der Waals surface area contributed by atoms with E-state index in [-0.39, 0.29) is 5.91 Å². The summed E-state index contributed by atoms with van der Waals surface area (Å²) in [6.45, 7) is 3.42. The van der Waals surface area contributed by atoms with Crippen LogP contribution in [0.4, 0.5) is 0 Å². The molecule has 0 spiro atoms. The van der Waals surface area contributed by atoms with Gasteiger partial charge in [-0.05, 0) is 43.0 Å². The average Bonchev–Trinajstić information content (AvgIpc) is 2.34. The zero-order valence-electron chi connectivity index (χ0n) is 10.8. The van der Waals surface area contributed by atoms with Gasteiger partial charge in [-0.2, -0.15) is 0 Å². The Morgan fingerprint density at radius 3 is 2.89 bits per heavy atom. The molecule has 0 heterocycles. The van der Waals surface area contributed by atoms with Crippen molar-refractivity contribution in [1.82, 2.24) is 5.32 Å². The van der Waals surface area contributed by atoms with Gasteiger partial charge in [0.2, 0.25) is 5.91 Å². The molecule has 0 bridgehead atoms. The highest BCUT2D eigenvalue weighted by molar-refractivity contribution is 9.10. The van der Waals surface area contributed by atoms with Crippen LogP contribution in [0.2, 0.25) is 0 Å². The van der Waals surface area contributed by atoms with Gasteiger partial charge in [-0.3, -0.25) is 4.79 Å². The monoisotopic (exact) mass is 312 g/mol. The second-order valence-electron chi connectivity index (χ2n) is 4.63. The van der Waals surface area contributed by atoms with Crippen molar-refractivity contribution in [3.63, 3.8) is 0 Å². The molecule has 1 rings (SSSR count). The zero-order valence-corrected chi connectivity index (χ0v) is 12.4. The van der Waals surface area contributed by atoms with Crippen molar-refractivity contribution in [1.29, 1.82) is 0 Å². The second-order valence-corrected chi connectivity index (χ2v) is 5.54. The van der Waals surface area contributed by atoms with Gasteiger partial charge in [0.25, 0.3) is 0 Å². The summed E-state index contributed by atoms with van der Waals surface area (Å²) in [5.74, 6) is 0.630. The summed E-state index contributed by atoms with van der Waals surface area (Å²) in [6.07, 6.45) is 2.47. The predicted molar refractivity (Wildman–Crippen MR) is 78.1 cm³/mol. The first-order chi connectivity index (χ1) is 8.61. The van der Waals surface area contributed by atoms with Crippen LogP contribution >= 0.6 is 15.9 Å². The topological polar surface area (TPSA) is 55.1 Å². The van der Waals surface area contributed by atoms with Crippen LogP contribution < -0.4 is 11.1 Å². The van der Waals surface area contributed by atoms with E-state index in [1.165, 1.54) is 0 Å². The Balaban J connectivity index is 2.25. The van der Waals surface area contributed by atoms with Gasteiger partial charge >= 0.3 is 0 Å². The molecule has 1 aromatic rings. The van der Waals surface area contributed by atoms with Crippen LogP contribution in [0.3, 0.4) is 0 Å². The Bertz CT molecular complexity index is 382. The van der Waals surface area contributed by atoms with E-state index in [4.69, 9.17) is 5.73 Å². The summed E-state index contributed by atoms with van der Waals surface area (Å²) >= 11 is 3.41. The standard InChI is InChI=1S/C14H21BrN2O/c1-11(7-8-16)5-6-14(18)17-10-12-3-2-4-13(15)9-12/h2-4,9,11H,5-8,10,16H2,1H3,(H,17,18). The fraction of sp³-hybridized carbons (Fsp3) is 0.500. The van der Waals surface area contributed by atoms with E-state index in [0.29, 0.717) is 25.4 Å². The minimum atomic E-state index is 0.110. The lowest BCUT2D eigenvalue weighted by Crippen LogP contribution is -2.23. The molecule has 0 fully saturated rings. The molecule has 0 radical (unpaired) electrons. The van der Waals surface area contributed by atoms with Crippen LogP contribution in [0.15, 0.2) is 28.7 Å². The maximum atomic E-state index is 11.7. The van der Waals surface area contributed by atoms with Crippen molar-refractivity contribution in [2.24, 2.45) is 11.7 Å². The van der Waals surface area contributed by atoms with E-state index < -0.39 is 0 Å². The smallest absolute Gasteiger partial charge is 0.220 e. The Morgan fingerprint density at radius 2 is 2.22 bits per heavy atom. The van der Waals surface area contributed by atoms with Crippen LogP contribution in [-0.4, -0.2) is 12.5 Å². The molecule has 18 heavy (non-hydrogen) atoms.